The zero-order chi connectivity index (χ0) is 21.0. The lowest BCUT2D eigenvalue weighted by molar-refractivity contribution is -0.142. The van der Waals surface area contributed by atoms with E-state index in [0.29, 0.717) is 77.6 Å². The van der Waals surface area contributed by atoms with Gasteiger partial charge in [0.2, 0.25) is 0 Å². The van der Waals surface area contributed by atoms with Gasteiger partial charge >= 0.3 is 5.97 Å². The quantitative estimate of drug-likeness (QED) is 0.744. The zero-order valence-electron chi connectivity index (χ0n) is 16.9. The SMILES string of the molecule is C[C@](N)(Cc1ccc2c(c1)OCCOCCOCCOCCOCCO2)C(=O)O. The van der Waals surface area contributed by atoms with E-state index in [-0.39, 0.29) is 6.42 Å². The van der Waals surface area contributed by atoms with Gasteiger partial charge in [0.05, 0.1) is 52.9 Å². The Balaban J connectivity index is 2.01. The number of hydrogen-bond acceptors (Lipinski definition) is 8. The van der Waals surface area contributed by atoms with E-state index in [4.69, 9.17) is 34.2 Å². The summed E-state index contributed by atoms with van der Waals surface area (Å²) in [4.78, 5) is 11.3. The summed E-state index contributed by atoms with van der Waals surface area (Å²) in [7, 11) is 0. The van der Waals surface area contributed by atoms with E-state index in [2.05, 4.69) is 0 Å². The summed E-state index contributed by atoms with van der Waals surface area (Å²) >= 11 is 0. The second-order valence-electron chi connectivity index (χ2n) is 6.83. The van der Waals surface area contributed by atoms with Crippen LogP contribution in [0.4, 0.5) is 0 Å². The average Bonchev–Trinajstić information content (AvgIpc) is 2.68. The molecular formula is C20H31NO8. The Kier molecular flexibility index (Phi) is 10.2. The minimum atomic E-state index is -1.37. The second-order valence-corrected chi connectivity index (χ2v) is 6.83. The molecule has 1 aliphatic rings. The van der Waals surface area contributed by atoms with Crippen molar-refractivity contribution in [3.8, 4) is 11.5 Å². The van der Waals surface area contributed by atoms with Crippen molar-refractivity contribution < 1.29 is 38.3 Å². The molecule has 9 nitrogen and oxygen atoms in total. The Labute approximate surface area is 171 Å². The molecule has 0 bridgehead atoms. The fourth-order valence-corrected chi connectivity index (χ4v) is 2.58. The maximum Gasteiger partial charge on any atom is 0.323 e. The fourth-order valence-electron chi connectivity index (χ4n) is 2.58. The molecule has 1 aromatic rings. The number of benzene rings is 1. The molecule has 0 saturated carbocycles. The highest BCUT2D eigenvalue weighted by atomic mass is 16.6. The van der Waals surface area contributed by atoms with Crippen LogP contribution in [0.2, 0.25) is 0 Å². The number of rotatable bonds is 3. The second kappa shape index (κ2) is 12.6. The van der Waals surface area contributed by atoms with Crippen molar-refractivity contribution in [1.82, 2.24) is 0 Å². The molecule has 0 aliphatic carbocycles. The molecule has 0 saturated heterocycles. The van der Waals surface area contributed by atoms with E-state index < -0.39 is 11.5 Å². The third kappa shape index (κ3) is 8.97. The highest BCUT2D eigenvalue weighted by Gasteiger charge is 2.28. The van der Waals surface area contributed by atoms with Gasteiger partial charge in [-0.2, -0.15) is 0 Å². The van der Waals surface area contributed by atoms with Crippen LogP contribution in [0.5, 0.6) is 11.5 Å². The molecule has 29 heavy (non-hydrogen) atoms. The van der Waals surface area contributed by atoms with E-state index >= 15 is 0 Å². The molecule has 164 valence electrons. The van der Waals surface area contributed by atoms with Crippen LogP contribution in [0, 0.1) is 0 Å². The normalized spacial score (nSPS) is 20.1. The molecule has 0 spiro atoms. The highest BCUT2D eigenvalue weighted by molar-refractivity contribution is 5.78. The van der Waals surface area contributed by atoms with Gasteiger partial charge in [-0.1, -0.05) is 6.07 Å². The van der Waals surface area contributed by atoms with Gasteiger partial charge in [0.1, 0.15) is 18.8 Å². The smallest absolute Gasteiger partial charge is 0.323 e. The lowest BCUT2D eigenvalue weighted by atomic mass is 9.94. The van der Waals surface area contributed by atoms with Gasteiger partial charge in [0, 0.05) is 6.42 Å². The van der Waals surface area contributed by atoms with Crippen LogP contribution in [-0.4, -0.2) is 82.7 Å². The molecule has 0 aromatic heterocycles. The zero-order valence-corrected chi connectivity index (χ0v) is 16.9. The molecule has 0 fully saturated rings. The van der Waals surface area contributed by atoms with Gasteiger partial charge in [-0.05, 0) is 24.6 Å². The van der Waals surface area contributed by atoms with Crippen molar-refractivity contribution in [2.45, 2.75) is 18.9 Å². The Morgan fingerprint density at radius 2 is 1.31 bits per heavy atom. The fraction of sp³-hybridized carbons (Fsp3) is 0.650. The van der Waals surface area contributed by atoms with E-state index in [1.165, 1.54) is 6.92 Å². The first kappa shape index (κ1) is 23.4. The van der Waals surface area contributed by atoms with Crippen molar-refractivity contribution in [2.75, 3.05) is 66.1 Å². The maximum atomic E-state index is 11.3. The van der Waals surface area contributed by atoms with Gasteiger partial charge in [0.15, 0.2) is 11.5 Å². The number of carbonyl (C=O) groups is 1. The predicted octanol–water partition coefficient (Wildman–Crippen LogP) is 0.869. The molecule has 2 rings (SSSR count). The summed E-state index contributed by atoms with van der Waals surface area (Å²) in [6.45, 7) is 5.86. The minimum Gasteiger partial charge on any atom is -0.487 e. The third-order valence-electron chi connectivity index (χ3n) is 4.15. The Hall–Kier alpha value is -1.91. The largest absolute Gasteiger partial charge is 0.487 e. The Bertz CT molecular complexity index is 622. The molecule has 0 radical (unpaired) electrons. The number of ether oxygens (including phenoxy) is 6. The molecular weight excluding hydrogens is 382 g/mol. The number of hydrogen-bond donors (Lipinski definition) is 2. The number of aliphatic carboxylic acids is 1. The molecule has 3 N–H and O–H groups in total. The first-order chi connectivity index (χ1) is 14.0. The standard InChI is InChI=1S/C20H31NO8/c1-20(21,19(22)23)15-16-2-3-17-18(14-16)29-13-11-27-9-7-25-5-4-24-6-8-26-10-12-28-17/h2-3,14H,4-13,15,21H2,1H3,(H,22,23)/t20-/m0/s1. The van der Waals surface area contributed by atoms with Crippen LogP contribution in [0.3, 0.4) is 0 Å². The first-order valence-electron chi connectivity index (χ1n) is 9.71. The van der Waals surface area contributed by atoms with Gasteiger partial charge < -0.3 is 39.3 Å². The highest BCUT2D eigenvalue weighted by Crippen LogP contribution is 2.29. The summed E-state index contributed by atoms with van der Waals surface area (Å²) in [5, 5.41) is 9.25. The predicted molar refractivity (Wildman–Crippen MR) is 105 cm³/mol. The third-order valence-corrected chi connectivity index (χ3v) is 4.15. The topological polar surface area (TPSA) is 119 Å². The molecule has 0 amide bonds. The number of fused-ring (bicyclic) bond motifs is 1. The molecule has 1 aromatic carbocycles. The van der Waals surface area contributed by atoms with Crippen LogP contribution in [0.15, 0.2) is 18.2 Å². The van der Waals surface area contributed by atoms with Gasteiger partial charge in [-0.25, -0.2) is 0 Å². The van der Waals surface area contributed by atoms with Crippen molar-refractivity contribution >= 4 is 5.97 Å². The van der Waals surface area contributed by atoms with E-state index in [0.717, 1.165) is 5.56 Å². The van der Waals surface area contributed by atoms with E-state index in [1.54, 1.807) is 18.2 Å². The Morgan fingerprint density at radius 3 is 1.79 bits per heavy atom. The summed E-state index contributed by atoms with van der Waals surface area (Å²) < 4.78 is 33.3. The number of nitrogens with two attached hydrogens (primary N) is 1. The summed E-state index contributed by atoms with van der Waals surface area (Å²) in [5.74, 6) is -0.00899. The van der Waals surface area contributed by atoms with Gasteiger partial charge in [-0.15, -0.1) is 0 Å². The van der Waals surface area contributed by atoms with Gasteiger partial charge in [0.25, 0.3) is 0 Å². The summed E-state index contributed by atoms with van der Waals surface area (Å²) in [6.07, 6.45) is 0.163. The monoisotopic (exact) mass is 413 g/mol. The number of carboxylic acids is 1. The number of carboxylic acid groups (broad SMARTS) is 1. The van der Waals surface area contributed by atoms with E-state index in [1.807, 2.05) is 0 Å². The van der Waals surface area contributed by atoms with Crippen LogP contribution < -0.4 is 15.2 Å². The molecule has 1 heterocycles. The average molecular weight is 413 g/mol. The Morgan fingerprint density at radius 1 is 0.862 bits per heavy atom. The molecule has 1 atom stereocenters. The molecule has 0 unspecified atom stereocenters. The van der Waals surface area contributed by atoms with Crippen molar-refractivity contribution in [1.29, 1.82) is 0 Å². The van der Waals surface area contributed by atoms with Crippen LogP contribution in [-0.2, 0) is 30.2 Å². The van der Waals surface area contributed by atoms with Crippen LogP contribution in [0.1, 0.15) is 12.5 Å². The minimum absolute atomic E-state index is 0.163. The first-order valence-corrected chi connectivity index (χ1v) is 9.71. The van der Waals surface area contributed by atoms with Crippen LogP contribution >= 0.6 is 0 Å². The maximum absolute atomic E-state index is 11.3. The van der Waals surface area contributed by atoms with Crippen molar-refractivity contribution in [3.05, 3.63) is 23.8 Å². The molecule has 9 heteroatoms. The van der Waals surface area contributed by atoms with Gasteiger partial charge in [-0.3, -0.25) is 4.79 Å². The molecule has 1 aliphatic heterocycles. The van der Waals surface area contributed by atoms with E-state index in [9.17, 15) is 9.90 Å². The van der Waals surface area contributed by atoms with Crippen molar-refractivity contribution in [2.24, 2.45) is 5.73 Å². The van der Waals surface area contributed by atoms with Crippen LogP contribution in [0.25, 0.3) is 0 Å². The van der Waals surface area contributed by atoms with Crippen molar-refractivity contribution in [3.63, 3.8) is 0 Å². The summed E-state index contributed by atoms with van der Waals surface area (Å²) in [6, 6.07) is 5.28. The summed E-state index contributed by atoms with van der Waals surface area (Å²) in [5.41, 5.74) is 5.23. The lowest BCUT2D eigenvalue weighted by Crippen LogP contribution is -2.46. The lowest BCUT2D eigenvalue weighted by Gasteiger charge is -2.20.